The summed E-state index contributed by atoms with van der Waals surface area (Å²) in [4.78, 5) is 37.9. The predicted molar refractivity (Wildman–Crippen MR) is 112 cm³/mol. The molecule has 2 aliphatic heterocycles. The van der Waals surface area contributed by atoms with Crippen LogP contribution in [0.3, 0.4) is 0 Å². The first kappa shape index (κ1) is 21.2. The van der Waals surface area contributed by atoms with Gasteiger partial charge in [-0.05, 0) is 60.7 Å². The standard InChI is InChI=1S/C22H23N3O5S/c1-13-3-5-17(9-14(13)2)31(29,30)23-11-15-4-6-18-16(10-15)12-25(22(18)28)19-7-8-20(26)24-21(19)27/h3-6,9-10,19,23H,7-8,11-12H2,1-2H3,(H,24,26,27). The Bertz CT molecular complexity index is 1210. The molecule has 2 aromatic carbocycles. The van der Waals surface area contributed by atoms with Crippen molar-refractivity contribution >= 4 is 27.7 Å². The van der Waals surface area contributed by atoms with Crippen molar-refractivity contribution in [3.05, 3.63) is 64.2 Å². The van der Waals surface area contributed by atoms with Crippen molar-refractivity contribution in [1.82, 2.24) is 14.9 Å². The zero-order valence-corrected chi connectivity index (χ0v) is 18.1. The van der Waals surface area contributed by atoms with Crippen LogP contribution in [-0.2, 0) is 32.7 Å². The SMILES string of the molecule is Cc1ccc(S(=O)(=O)NCc2ccc3c(c2)CN(C2CCC(=O)NC2=O)C3=O)cc1C. The lowest BCUT2D eigenvalue weighted by Gasteiger charge is -2.29. The summed E-state index contributed by atoms with van der Waals surface area (Å²) in [6.07, 6.45) is 0.495. The lowest BCUT2D eigenvalue weighted by molar-refractivity contribution is -0.136. The molecule has 0 aromatic heterocycles. The summed E-state index contributed by atoms with van der Waals surface area (Å²) in [5, 5.41) is 2.28. The maximum Gasteiger partial charge on any atom is 0.255 e. The average Bonchev–Trinajstić information content (AvgIpc) is 3.04. The fourth-order valence-electron chi connectivity index (χ4n) is 3.88. The molecule has 2 heterocycles. The van der Waals surface area contributed by atoms with Gasteiger partial charge in [0.1, 0.15) is 6.04 Å². The monoisotopic (exact) mass is 441 g/mol. The van der Waals surface area contributed by atoms with Crippen molar-refractivity contribution < 1.29 is 22.8 Å². The van der Waals surface area contributed by atoms with Crippen LogP contribution in [0.1, 0.15) is 45.5 Å². The Labute approximate surface area is 180 Å². The third kappa shape index (κ3) is 4.11. The Morgan fingerprint density at radius 3 is 2.55 bits per heavy atom. The number of nitrogens with one attached hydrogen (secondary N) is 2. The van der Waals surface area contributed by atoms with E-state index in [1.54, 1.807) is 36.4 Å². The van der Waals surface area contributed by atoms with Crippen LogP contribution in [0.4, 0.5) is 0 Å². The predicted octanol–water partition coefficient (Wildman–Crippen LogP) is 1.54. The molecule has 162 valence electrons. The number of carbonyl (C=O) groups excluding carboxylic acids is 3. The number of piperidine rings is 1. The molecule has 0 spiro atoms. The van der Waals surface area contributed by atoms with E-state index in [2.05, 4.69) is 10.0 Å². The normalized spacial score (nSPS) is 18.8. The van der Waals surface area contributed by atoms with Crippen molar-refractivity contribution in [2.24, 2.45) is 0 Å². The van der Waals surface area contributed by atoms with Crippen LogP contribution < -0.4 is 10.0 Å². The molecule has 4 rings (SSSR count). The maximum atomic E-state index is 12.7. The third-order valence-corrected chi connectivity index (χ3v) is 7.24. The molecular weight excluding hydrogens is 418 g/mol. The number of aryl methyl sites for hydroxylation is 2. The van der Waals surface area contributed by atoms with Gasteiger partial charge >= 0.3 is 0 Å². The number of hydrogen-bond acceptors (Lipinski definition) is 5. The van der Waals surface area contributed by atoms with Crippen LogP contribution in [0.2, 0.25) is 0 Å². The van der Waals surface area contributed by atoms with Gasteiger partial charge in [0.15, 0.2) is 0 Å². The maximum absolute atomic E-state index is 12.7. The first-order valence-corrected chi connectivity index (χ1v) is 11.5. The highest BCUT2D eigenvalue weighted by atomic mass is 32.2. The van der Waals surface area contributed by atoms with E-state index in [0.717, 1.165) is 16.7 Å². The van der Waals surface area contributed by atoms with Gasteiger partial charge in [-0.1, -0.05) is 18.2 Å². The number of rotatable bonds is 5. The molecule has 3 amide bonds. The van der Waals surface area contributed by atoms with E-state index >= 15 is 0 Å². The van der Waals surface area contributed by atoms with E-state index in [1.165, 1.54) is 4.90 Å². The molecule has 1 saturated heterocycles. The Morgan fingerprint density at radius 1 is 1.06 bits per heavy atom. The topological polar surface area (TPSA) is 113 Å². The van der Waals surface area contributed by atoms with E-state index in [4.69, 9.17) is 0 Å². The van der Waals surface area contributed by atoms with E-state index in [-0.39, 0.29) is 36.2 Å². The summed E-state index contributed by atoms with van der Waals surface area (Å²) in [5.74, 6) is -1.05. The van der Waals surface area contributed by atoms with Crippen LogP contribution in [-0.4, -0.2) is 37.1 Å². The molecule has 0 aliphatic carbocycles. The van der Waals surface area contributed by atoms with Gasteiger partial charge in [-0.3, -0.25) is 19.7 Å². The minimum atomic E-state index is -3.68. The van der Waals surface area contributed by atoms with Crippen LogP contribution in [0, 0.1) is 13.8 Å². The summed E-state index contributed by atoms with van der Waals surface area (Å²) in [7, 11) is -3.68. The first-order valence-electron chi connectivity index (χ1n) is 9.99. The van der Waals surface area contributed by atoms with E-state index in [1.807, 2.05) is 13.8 Å². The van der Waals surface area contributed by atoms with Crippen LogP contribution in [0.15, 0.2) is 41.3 Å². The smallest absolute Gasteiger partial charge is 0.255 e. The minimum Gasteiger partial charge on any atom is -0.322 e. The Balaban J connectivity index is 1.48. The van der Waals surface area contributed by atoms with Crippen molar-refractivity contribution in [3.8, 4) is 0 Å². The van der Waals surface area contributed by atoms with Gasteiger partial charge in [-0.15, -0.1) is 0 Å². The van der Waals surface area contributed by atoms with Crippen molar-refractivity contribution in [2.45, 2.75) is 50.7 Å². The number of imide groups is 1. The second-order valence-electron chi connectivity index (χ2n) is 7.96. The average molecular weight is 442 g/mol. The van der Waals surface area contributed by atoms with Gasteiger partial charge in [0.05, 0.1) is 4.90 Å². The number of carbonyl (C=O) groups is 3. The lowest BCUT2D eigenvalue weighted by atomic mass is 10.0. The fourth-order valence-corrected chi connectivity index (χ4v) is 4.98. The van der Waals surface area contributed by atoms with E-state index < -0.39 is 22.0 Å². The fraction of sp³-hybridized carbons (Fsp3) is 0.318. The molecule has 1 fully saturated rings. The molecular formula is C22H23N3O5S. The van der Waals surface area contributed by atoms with Crippen LogP contribution in [0.5, 0.6) is 0 Å². The van der Waals surface area contributed by atoms with Crippen LogP contribution >= 0.6 is 0 Å². The highest BCUT2D eigenvalue weighted by Gasteiger charge is 2.39. The summed E-state index contributed by atoms with van der Waals surface area (Å²) in [6.45, 7) is 4.11. The van der Waals surface area contributed by atoms with Crippen molar-refractivity contribution in [3.63, 3.8) is 0 Å². The number of benzene rings is 2. The molecule has 0 saturated carbocycles. The number of fused-ring (bicyclic) bond motifs is 1. The molecule has 0 bridgehead atoms. The Hall–Kier alpha value is -3.04. The molecule has 8 nitrogen and oxygen atoms in total. The number of nitrogens with zero attached hydrogens (tertiary/aromatic N) is 1. The van der Waals surface area contributed by atoms with Gasteiger partial charge in [0.25, 0.3) is 5.91 Å². The molecule has 31 heavy (non-hydrogen) atoms. The molecule has 0 radical (unpaired) electrons. The Kier molecular flexibility index (Phi) is 5.40. The largest absolute Gasteiger partial charge is 0.322 e. The number of hydrogen-bond donors (Lipinski definition) is 2. The van der Waals surface area contributed by atoms with Gasteiger partial charge in [-0.2, -0.15) is 0 Å². The van der Waals surface area contributed by atoms with Gasteiger partial charge in [-0.25, -0.2) is 13.1 Å². The molecule has 2 aliphatic rings. The van der Waals surface area contributed by atoms with Crippen molar-refractivity contribution in [1.29, 1.82) is 0 Å². The van der Waals surface area contributed by atoms with E-state index in [0.29, 0.717) is 17.5 Å². The molecule has 2 aromatic rings. The summed E-state index contributed by atoms with van der Waals surface area (Å²) in [5.41, 5.74) is 3.85. The lowest BCUT2D eigenvalue weighted by Crippen LogP contribution is -2.52. The Morgan fingerprint density at radius 2 is 1.84 bits per heavy atom. The second-order valence-corrected chi connectivity index (χ2v) is 9.73. The highest BCUT2D eigenvalue weighted by Crippen LogP contribution is 2.28. The third-order valence-electron chi connectivity index (χ3n) is 5.84. The molecule has 1 unspecified atom stereocenters. The zero-order chi connectivity index (χ0) is 22.3. The zero-order valence-electron chi connectivity index (χ0n) is 17.3. The number of amides is 3. The van der Waals surface area contributed by atoms with Crippen LogP contribution in [0.25, 0.3) is 0 Å². The van der Waals surface area contributed by atoms with Gasteiger partial charge < -0.3 is 4.90 Å². The van der Waals surface area contributed by atoms with E-state index in [9.17, 15) is 22.8 Å². The molecule has 1 atom stereocenters. The highest BCUT2D eigenvalue weighted by molar-refractivity contribution is 7.89. The van der Waals surface area contributed by atoms with Gasteiger partial charge in [0, 0.05) is 25.1 Å². The minimum absolute atomic E-state index is 0.0785. The molecule has 9 heteroatoms. The summed E-state index contributed by atoms with van der Waals surface area (Å²) in [6, 6.07) is 9.44. The second kappa shape index (κ2) is 7.90. The first-order chi connectivity index (χ1) is 14.7. The van der Waals surface area contributed by atoms with Gasteiger partial charge in [0.2, 0.25) is 21.8 Å². The number of sulfonamides is 1. The quantitative estimate of drug-likeness (QED) is 0.684. The molecule has 2 N–H and O–H groups in total. The summed E-state index contributed by atoms with van der Waals surface area (Å²) < 4.78 is 27.9. The summed E-state index contributed by atoms with van der Waals surface area (Å²) >= 11 is 0. The van der Waals surface area contributed by atoms with Crippen molar-refractivity contribution in [2.75, 3.05) is 0 Å².